The number of rotatable bonds is 5. The summed E-state index contributed by atoms with van der Waals surface area (Å²) < 4.78 is 26.6. The van der Waals surface area contributed by atoms with Crippen LogP contribution in [0.2, 0.25) is 0 Å². The van der Waals surface area contributed by atoms with E-state index in [0.717, 1.165) is 0 Å². The Kier molecular flexibility index (Phi) is 4.72. The largest absolute Gasteiger partial charge is 0.507 e. The highest BCUT2D eigenvalue weighted by Gasteiger charge is 2.25. The molecule has 0 bridgehead atoms. The molecule has 2 N–H and O–H groups in total. The highest BCUT2D eigenvalue weighted by Crippen LogP contribution is 2.43. The lowest BCUT2D eigenvalue weighted by molar-refractivity contribution is 0.348. The van der Waals surface area contributed by atoms with E-state index in [9.17, 15) is 15.0 Å². The Balaban J connectivity index is 2.43. The predicted molar refractivity (Wildman–Crippen MR) is 97.5 cm³/mol. The van der Waals surface area contributed by atoms with Gasteiger partial charge in [-0.3, -0.25) is 4.79 Å². The minimum absolute atomic E-state index is 0.00884. The second-order valence-corrected chi connectivity index (χ2v) is 5.52. The Morgan fingerprint density at radius 3 is 2.04 bits per heavy atom. The molecule has 8 nitrogen and oxygen atoms in total. The van der Waals surface area contributed by atoms with Gasteiger partial charge in [0, 0.05) is 11.6 Å². The van der Waals surface area contributed by atoms with Gasteiger partial charge in [-0.2, -0.15) is 0 Å². The van der Waals surface area contributed by atoms with Crippen molar-refractivity contribution in [2.45, 2.75) is 0 Å². The number of aromatic hydroxyl groups is 2. The van der Waals surface area contributed by atoms with E-state index in [1.165, 1.54) is 46.6 Å². The van der Waals surface area contributed by atoms with E-state index >= 15 is 0 Å². The van der Waals surface area contributed by atoms with Crippen LogP contribution in [0.5, 0.6) is 34.5 Å². The van der Waals surface area contributed by atoms with E-state index in [4.69, 9.17) is 23.4 Å². The van der Waals surface area contributed by atoms with Crippen LogP contribution in [0.1, 0.15) is 0 Å². The van der Waals surface area contributed by atoms with Gasteiger partial charge in [-0.15, -0.1) is 0 Å². The zero-order chi connectivity index (χ0) is 19.7. The summed E-state index contributed by atoms with van der Waals surface area (Å²) in [5, 5.41) is 20.2. The number of methoxy groups -OCH3 is 4. The molecule has 1 aromatic heterocycles. The fourth-order valence-electron chi connectivity index (χ4n) is 2.84. The van der Waals surface area contributed by atoms with Gasteiger partial charge >= 0.3 is 0 Å². The van der Waals surface area contributed by atoms with Gasteiger partial charge in [0.25, 0.3) is 0 Å². The van der Waals surface area contributed by atoms with Crippen LogP contribution in [0.15, 0.2) is 33.5 Å². The van der Waals surface area contributed by atoms with Gasteiger partial charge in [0.2, 0.25) is 16.9 Å². The number of ether oxygens (including phenoxy) is 4. The molecule has 0 fully saturated rings. The minimum atomic E-state index is -0.595. The fourth-order valence-corrected chi connectivity index (χ4v) is 2.84. The maximum Gasteiger partial charge on any atom is 0.239 e. The number of fused-ring (bicyclic) bond motifs is 1. The van der Waals surface area contributed by atoms with Gasteiger partial charge in [-0.25, -0.2) is 0 Å². The van der Waals surface area contributed by atoms with Crippen LogP contribution >= 0.6 is 0 Å². The molecule has 0 spiro atoms. The summed E-state index contributed by atoms with van der Waals surface area (Å²) in [7, 11) is 5.51. The summed E-state index contributed by atoms with van der Waals surface area (Å²) in [5.41, 5.74) is -0.235. The van der Waals surface area contributed by atoms with Crippen molar-refractivity contribution in [3.05, 3.63) is 34.5 Å². The number of hydrogen-bond donors (Lipinski definition) is 2. The SMILES string of the molecule is COc1ccc(-c2oc3c(OC)c(OC)cc(O)c3c(=O)c2OC)cc1O. The molecular weight excluding hydrogens is 356 g/mol. The first-order valence-corrected chi connectivity index (χ1v) is 7.82. The van der Waals surface area contributed by atoms with E-state index in [2.05, 4.69) is 0 Å². The van der Waals surface area contributed by atoms with Crippen molar-refractivity contribution in [3.8, 4) is 45.8 Å². The fraction of sp³-hybridized carbons (Fsp3) is 0.211. The van der Waals surface area contributed by atoms with Crippen molar-refractivity contribution in [1.29, 1.82) is 0 Å². The van der Waals surface area contributed by atoms with Gasteiger partial charge in [0.05, 0.1) is 28.4 Å². The van der Waals surface area contributed by atoms with E-state index in [-0.39, 0.29) is 51.2 Å². The summed E-state index contributed by atoms with van der Waals surface area (Å²) in [4.78, 5) is 12.9. The third-order valence-electron chi connectivity index (χ3n) is 4.09. The molecular formula is C19H18O8. The summed E-state index contributed by atoms with van der Waals surface area (Å²) in [6.07, 6.45) is 0. The normalized spacial score (nSPS) is 10.7. The monoisotopic (exact) mass is 374 g/mol. The molecule has 27 heavy (non-hydrogen) atoms. The van der Waals surface area contributed by atoms with E-state index in [0.29, 0.717) is 5.56 Å². The van der Waals surface area contributed by atoms with Gasteiger partial charge < -0.3 is 33.6 Å². The Hall–Kier alpha value is -3.55. The van der Waals surface area contributed by atoms with Crippen LogP contribution in [0.3, 0.4) is 0 Å². The topological polar surface area (TPSA) is 108 Å². The summed E-state index contributed by atoms with van der Waals surface area (Å²) in [6, 6.07) is 5.75. The number of phenols is 2. The molecule has 8 heteroatoms. The highest BCUT2D eigenvalue weighted by molar-refractivity contribution is 5.93. The lowest BCUT2D eigenvalue weighted by Crippen LogP contribution is -2.09. The van der Waals surface area contributed by atoms with Crippen molar-refractivity contribution in [2.75, 3.05) is 28.4 Å². The second-order valence-electron chi connectivity index (χ2n) is 5.52. The molecule has 0 saturated carbocycles. The molecule has 1 heterocycles. The molecule has 0 amide bonds. The molecule has 0 radical (unpaired) electrons. The predicted octanol–water partition coefficient (Wildman–Crippen LogP) is 2.91. The standard InChI is InChI=1S/C19H18O8/c1-23-12-6-5-9(7-10(12)20)16-19(26-4)15(22)14-11(21)8-13(24-2)17(25-3)18(14)27-16/h5-8,20-21H,1-4H3. The lowest BCUT2D eigenvalue weighted by atomic mass is 10.1. The number of hydrogen-bond acceptors (Lipinski definition) is 8. The quantitative estimate of drug-likeness (QED) is 0.702. The second kappa shape index (κ2) is 6.99. The lowest BCUT2D eigenvalue weighted by Gasteiger charge is -2.14. The van der Waals surface area contributed by atoms with Crippen molar-refractivity contribution < 1.29 is 33.6 Å². The average Bonchev–Trinajstić information content (AvgIpc) is 2.67. The zero-order valence-corrected chi connectivity index (χ0v) is 15.2. The van der Waals surface area contributed by atoms with E-state index < -0.39 is 5.43 Å². The van der Waals surface area contributed by atoms with Crippen LogP contribution in [-0.4, -0.2) is 38.7 Å². The van der Waals surface area contributed by atoms with Gasteiger partial charge in [-0.05, 0) is 18.2 Å². The summed E-state index contributed by atoms with van der Waals surface area (Å²) >= 11 is 0. The average molecular weight is 374 g/mol. The molecule has 0 atom stereocenters. The minimum Gasteiger partial charge on any atom is -0.507 e. The van der Waals surface area contributed by atoms with Gasteiger partial charge in [0.15, 0.2) is 28.6 Å². The van der Waals surface area contributed by atoms with Gasteiger partial charge in [0.1, 0.15) is 11.1 Å². The summed E-state index contributed by atoms with van der Waals surface area (Å²) in [6.45, 7) is 0. The maximum absolute atomic E-state index is 12.9. The van der Waals surface area contributed by atoms with Gasteiger partial charge in [-0.1, -0.05) is 0 Å². The van der Waals surface area contributed by atoms with Crippen LogP contribution in [0.25, 0.3) is 22.3 Å². The Bertz CT molecular complexity index is 1070. The third kappa shape index (κ3) is 2.84. The van der Waals surface area contributed by atoms with E-state index in [1.54, 1.807) is 6.07 Å². The molecule has 2 aromatic carbocycles. The van der Waals surface area contributed by atoms with Crippen LogP contribution in [0.4, 0.5) is 0 Å². The van der Waals surface area contributed by atoms with E-state index in [1.807, 2.05) is 0 Å². The molecule has 0 aliphatic rings. The summed E-state index contributed by atoms with van der Waals surface area (Å²) in [5.74, 6) is 0.0497. The molecule has 0 saturated heterocycles. The maximum atomic E-state index is 12.9. The Morgan fingerprint density at radius 1 is 0.815 bits per heavy atom. The Morgan fingerprint density at radius 2 is 1.48 bits per heavy atom. The molecule has 0 unspecified atom stereocenters. The van der Waals surface area contributed by atoms with Crippen molar-refractivity contribution in [2.24, 2.45) is 0 Å². The first-order valence-electron chi connectivity index (χ1n) is 7.82. The van der Waals surface area contributed by atoms with Crippen molar-refractivity contribution in [1.82, 2.24) is 0 Å². The first kappa shape index (κ1) is 18.2. The molecule has 0 aliphatic heterocycles. The van der Waals surface area contributed by atoms with Crippen molar-refractivity contribution in [3.63, 3.8) is 0 Å². The smallest absolute Gasteiger partial charge is 0.239 e. The molecule has 3 aromatic rings. The van der Waals surface area contributed by atoms with Crippen molar-refractivity contribution >= 4 is 11.0 Å². The van der Waals surface area contributed by atoms with Crippen LogP contribution < -0.4 is 24.4 Å². The third-order valence-corrected chi connectivity index (χ3v) is 4.09. The number of phenolic OH excluding ortho intramolecular Hbond substituents is 2. The zero-order valence-electron chi connectivity index (χ0n) is 15.2. The molecule has 142 valence electrons. The Labute approximate surface area is 154 Å². The first-order chi connectivity index (χ1) is 13.0. The number of benzene rings is 2. The molecule has 0 aliphatic carbocycles. The highest BCUT2D eigenvalue weighted by atomic mass is 16.5. The van der Waals surface area contributed by atoms with Crippen LogP contribution in [-0.2, 0) is 0 Å². The van der Waals surface area contributed by atoms with Crippen LogP contribution in [0, 0.1) is 0 Å². The molecule has 3 rings (SSSR count).